The zero-order valence-corrected chi connectivity index (χ0v) is 27.7. The first kappa shape index (κ1) is 34.7. The molecule has 0 N–H and O–H groups in total. The van der Waals surface area contributed by atoms with Crippen molar-refractivity contribution >= 4 is 11.6 Å². The molecule has 0 aromatic carbocycles. The van der Waals surface area contributed by atoms with E-state index in [1.54, 1.807) is 0 Å². The van der Waals surface area contributed by atoms with Gasteiger partial charge in [0.1, 0.15) is 0 Å². The molecule has 2 heteroatoms. The number of allylic oxidation sites excluding steroid dienone is 22. The molecular formula is C40H52O2. The van der Waals surface area contributed by atoms with E-state index in [9.17, 15) is 9.59 Å². The summed E-state index contributed by atoms with van der Waals surface area (Å²) < 4.78 is 0. The van der Waals surface area contributed by atoms with Crippen LogP contribution in [-0.2, 0) is 9.59 Å². The summed E-state index contributed by atoms with van der Waals surface area (Å²) in [6.07, 6.45) is 32.4. The zero-order valence-electron chi connectivity index (χ0n) is 27.7. The van der Waals surface area contributed by atoms with Gasteiger partial charge in [-0.2, -0.15) is 0 Å². The van der Waals surface area contributed by atoms with E-state index in [-0.39, 0.29) is 22.4 Å². The molecule has 2 aliphatic rings. The van der Waals surface area contributed by atoms with E-state index < -0.39 is 0 Å². The highest BCUT2D eigenvalue weighted by molar-refractivity contribution is 5.97. The third-order valence-electron chi connectivity index (χ3n) is 8.35. The molecule has 0 unspecified atom stereocenters. The molecule has 224 valence electrons. The lowest BCUT2D eigenvalue weighted by Gasteiger charge is -2.32. The Hall–Kier alpha value is -3.52. The lowest BCUT2D eigenvalue weighted by atomic mass is 9.72. The van der Waals surface area contributed by atoms with Crippen LogP contribution in [0.2, 0.25) is 0 Å². The minimum absolute atomic E-state index is 0.0404. The van der Waals surface area contributed by atoms with Crippen LogP contribution in [0.5, 0.6) is 0 Å². The Kier molecular flexibility index (Phi) is 12.9. The van der Waals surface area contributed by atoms with Crippen LogP contribution in [0.15, 0.2) is 130 Å². The Bertz CT molecular complexity index is 1270. The largest absolute Gasteiger partial charge is 0.295 e. The summed E-state index contributed by atoms with van der Waals surface area (Å²) in [6, 6.07) is 0. The number of rotatable bonds is 10. The molecule has 0 aliphatic heterocycles. The number of Topliss-reactive ketones (excluding diaryl/α,β-unsaturated/α-hetero) is 2. The van der Waals surface area contributed by atoms with Crippen LogP contribution < -0.4 is 0 Å². The van der Waals surface area contributed by atoms with Gasteiger partial charge in [-0.15, -0.1) is 0 Å². The maximum absolute atomic E-state index is 12.2. The lowest BCUT2D eigenvalue weighted by molar-refractivity contribution is -0.117. The van der Waals surface area contributed by atoms with Crippen LogP contribution in [0.4, 0.5) is 0 Å². The summed E-state index contributed by atoms with van der Waals surface area (Å²) in [7, 11) is 0. The van der Waals surface area contributed by atoms with E-state index in [0.717, 1.165) is 57.4 Å². The van der Waals surface area contributed by atoms with Gasteiger partial charge in [-0.25, -0.2) is 0 Å². The van der Waals surface area contributed by atoms with Crippen LogP contribution in [0, 0.1) is 10.8 Å². The highest BCUT2D eigenvalue weighted by Gasteiger charge is 2.31. The maximum atomic E-state index is 12.2. The lowest BCUT2D eigenvalue weighted by Crippen LogP contribution is -2.24. The second-order valence-corrected chi connectivity index (χ2v) is 13.1. The van der Waals surface area contributed by atoms with Crippen molar-refractivity contribution in [2.45, 2.75) is 94.9 Å². The summed E-state index contributed by atoms with van der Waals surface area (Å²) >= 11 is 0. The molecule has 0 aromatic heterocycles. The smallest absolute Gasteiger partial charge is 0.158 e. The molecule has 42 heavy (non-hydrogen) atoms. The average molecular weight is 565 g/mol. The Labute approximate surface area is 256 Å². The summed E-state index contributed by atoms with van der Waals surface area (Å²) in [4.78, 5) is 24.3. The van der Waals surface area contributed by atoms with Gasteiger partial charge in [0.15, 0.2) is 11.6 Å². The fourth-order valence-electron chi connectivity index (χ4n) is 5.28. The van der Waals surface area contributed by atoms with E-state index in [0.29, 0.717) is 12.8 Å². The van der Waals surface area contributed by atoms with E-state index in [2.05, 4.69) is 140 Å². The van der Waals surface area contributed by atoms with E-state index in [4.69, 9.17) is 0 Å². The zero-order chi connectivity index (χ0) is 31.5. The first-order chi connectivity index (χ1) is 19.6. The first-order valence-corrected chi connectivity index (χ1v) is 15.2. The van der Waals surface area contributed by atoms with Crippen molar-refractivity contribution in [3.05, 3.63) is 130 Å². The van der Waals surface area contributed by atoms with E-state index >= 15 is 0 Å². The minimum Gasteiger partial charge on any atom is -0.295 e. The van der Waals surface area contributed by atoms with Crippen molar-refractivity contribution in [2.24, 2.45) is 10.8 Å². The fraction of sp³-hybridized carbons (Fsp3) is 0.400. The summed E-state index contributed by atoms with van der Waals surface area (Å²) in [5.41, 5.74) is 8.82. The topological polar surface area (TPSA) is 34.1 Å². The normalized spacial score (nSPS) is 21.6. The van der Waals surface area contributed by atoms with Gasteiger partial charge >= 0.3 is 0 Å². The van der Waals surface area contributed by atoms with Gasteiger partial charge in [-0.1, -0.05) is 135 Å². The summed E-state index contributed by atoms with van der Waals surface area (Å²) in [6.45, 7) is 21.1. The summed E-state index contributed by atoms with van der Waals surface area (Å²) in [5, 5.41) is 0. The molecule has 0 aromatic rings. The molecule has 0 radical (unpaired) electrons. The molecule has 0 saturated heterocycles. The minimum atomic E-state index is 0.0404. The molecule has 0 heterocycles. The predicted octanol–water partition coefficient (Wildman–Crippen LogP) is 11.0. The standard InChI is InChI=1S/C40H52O2/c1-29(17-13-19-31(3)21-23-35-33(5)37(41)25-27-39(35,7)8)15-11-12-16-30(2)18-14-20-32(4)22-24-36-34(6)38(42)26-28-40(36,9)10/h11-24H,25-28H2,1-10H3/b12-11+,17-13+,18-14+,23-21?,24-22?,29-15+,30-16+,31-19+,32-20+. The molecule has 2 nitrogen and oxygen atoms in total. The number of hydrogen-bond donors (Lipinski definition) is 0. The number of carbonyl (C=O) groups excluding carboxylic acids is 2. The van der Waals surface area contributed by atoms with Crippen molar-refractivity contribution < 1.29 is 9.59 Å². The third-order valence-corrected chi connectivity index (χ3v) is 8.35. The van der Waals surface area contributed by atoms with Gasteiger partial charge < -0.3 is 0 Å². The Morgan fingerprint density at radius 1 is 0.524 bits per heavy atom. The van der Waals surface area contributed by atoms with E-state index in [1.165, 1.54) is 0 Å². The fourth-order valence-corrected chi connectivity index (χ4v) is 5.28. The summed E-state index contributed by atoms with van der Waals surface area (Å²) in [5.74, 6) is 0.542. The van der Waals surface area contributed by atoms with Gasteiger partial charge in [0, 0.05) is 12.8 Å². The van der Waals surface area contributed by atoms with Crippen LogP contribution in [0.25, 0.3) is 0 Å². The highest BCUT2D eigenvalue weighted by atomic mass is 16.1. The SMILES string of the molecule is CC1=C(C=C/C(C)=C/C=C/C(C)=C/C=C/C=C(C)/C=C/C=C(\C)C=CC2=C(C)C(=O)CCC2(C)C)C(C)(C)CCC1=O. The van der Waals surface area contributed by atoms with Crippen molar-refractivity contribution in [1.82, 2.24) is 0 Å². The van der Waals surface area contributed by atoms with Crippen LogP contribution >= 0.6 is 0 Å². The maximum Gasteiger partial charge on any atom is 0.158 e. The molecule has 0 bridgehead atoms. The molecule has 2 rings (SSSR count). The van der Waals surface area contributed by atoms with Crippen molar-refractivity contribution in [3.63, 3.8) is 0 Å². The van der Waals surface area contributed by atoms with Gasteiger partial charge in [0.05, 0.1) is 0 Å². The Balaban J connectivity index is 1.93. The van der Waals surface area contributed by atoms with Crippen molar-refractivity contribution in [1.29, 1.82) is 0 Å². The second kappa shape index (κ2) is 15.6. The van der Waals surface area contributed by atoms with Gasteiger partial charge in [-0.05, 0) is 87.5 Å². The average Bonchev–Trinajstić information content (AvgIpc) is 2.91. The Morgan fingerprint density at radius 2 is 0.833 bits per heavy atom. The Morgan fingerprint density at radius 3 is 1.19 bits per heavy atom. The van der Waals surface area contributed by atoms with Crippen LogP contribution in [0.1, 0.15) is 94.9 Å². The predicted molar refractivity (Wildman–Crippen MR) is 182 cm³/mol. The molecule has 0 fully saturated rings. The van der Waals surface area contributed by atoms with Crippen LogP contribution in [0.3, 0.4) is 0 Å². The van der Waals surface area contributed by atoms with E-state index in [1.807, 2.05) is 13.8 Å². The first-order valence-electron chi connectivity index (χ1n) is 15.2. The third kappa shape index (κ3) is 10.7. The van der Waals surface area contributed by atoms with Gasteiger partial charge in [0.2, 0.25) is 0 Å². The molecule has 0 amide bonds. The number of carbonyl (C=O) groups is 2. The highest BCUT2D eigenvalue weighted by Crippen LogP contribution is 2.40. The van der Waals surface area contributed by atoms with Crippen LogP contribution in [-0.4, -0.2) is 11.6 Å². The molecular weight excluding hydrogens is 512 g/mol. The molecule has 2 aliphatic carbocycles. The van der Waals surface area contributed by atoms with Gasteiger partial charge in [-0.3, -0.25) is 9.59 Å². The molecule has 0 saturated carbocycles. The monoisotopic (exact) mass is 564 g/mol. The molecule has 0 spiro atoms. The quantitative estimate of drug-likeness (QED) is 0.247. The van der Waals surface area contributed by atoms with Gasteiger partial charge in [0.25, 0.3) is 0 Å². The second-order valence-electron chi connectivity index (χ2n) is 13.1. The number of hydrogen-bond acceptors (Lipinski definition) is 2. The van der Waals surface area contributed by atoms with Crippen molar-refractivity contribution in [2.75, 3.05) is 0 Å². The van der Waals surface area contributed by atoms with Crippen molar-refractivity contribution in [3.8, 4) is 0 Å². The molecule has 0 atom stereocenters. The number of ketones is 2.